The second kappa shape index (κ2) is 8.28. The van der Waals surface area contributed by atoms with Crippen molar-refractivity contribution in [2.75, 3.05) is 6.61 Å². The smallest absolute Gasteiger partial charge is 0.418 e. The molecule has 0 aliphatic carbocycles. The molecule has 31 heavy (non-hydrogen) atoms. The summed E-state index contributed by atoms with van der Waals surface area (Å²) in [5.74, 6) is -1.55. The number of hydrogen-bond donors (Lipinski definition) is 4. The van der Waals surface area contributed by atoms with Gasteiger partial charge in [-0.1, -0.05) is 0 Å². The second-order valence-electron chi connectivity index (χ2n) is 7.37. The molecule has 0 saturated heterocycles. The zero-order valence-corrected chi connectivity index (χ0v) is 17.9. The first kappa shape index (κ1) is 25.5. The number of alkyl halides is 5. The average molecular weight is 491 g/mol. The van der Waals surface area contributed by atoms with Gasteiger partial charge in [0, 0.05) is 10.9 Å². The van der Waals surface area contributed by atoms with Crippen molar-refractivity contribution in [3.63, 3.8) is 0 Å². The highest BCUT2D eigenvalue weighted by molar-refractivity contribution is 7.53. The number of nitrogens with two attached hydrogens (primary N) is 1. The van der Waals surface area contributed by atoms with E-state index >= 15 is 0 Å². The molecule has 5 N–H and O–H groups in total. The Morgan fingerprint density at radius 3 is 2.23 bits per heavy atom. The fourth-order valence-corrected chi connectivity index (χ4v) is 4.74. The van der Waals surface area contributed by atoms with E-state index in [2.05, 4.69) is 0 Å². The number of hydrogen-bond acceptors (Lipinski definition) is 5. The summed E-state index contributed by atoms with van der Waals surface area (Å²) in [6.07, 6.45) is -4.96. The summed E-state index contributed by atoms with van der Waals surface area (Å²) in [5, 5.41) is 8.81. The quantitative estimate of drug-likeness (QED) is 0.249. The molecule has 0 atom stereocenters. The van der Waals surface area contributed by atoms with Crippen molar-refractivity contribution in [3.05, 3.63) is 28.1 Å². The minimum Gasteiger partial charge on any atom is -0.492 e. The van der Waals surface area contributed by atoms with Gasteiger partial charge in [0.05, 0.1) is 27.3 Å². The lowest BCUT2D eigenvalue weighted by Gasteiger charge is -2.19. The Morgan fingerprint density at radius 2 is 1.77 bits per heavy atom. The molecular formula is C17H19F5NO6PS. The molecule has 2 aromatic rings. The Morgan fingerprint density at radius 1 is 1.19 bits per heavy atom. The third-order valence-corrected chi connectivity index (χ3v) is 6.55. The fourth-order valence-electron chi connectivity index (χ4n) is 2.73. The Labute approximate surface area is 176 Å². The van der Waals surface area contributed by atoms with Crippen LogP contribution in [0, 0.1) is 0 Å². The number of ether oxygens (including phenoxy) is 1. The van der Waals surface area contributed by atoms with E-state index < -0.39 is 57.0 Å². The van der Waals surface area contributed by atoms with Crippen LogP contribution < -0.4 is 10.5 Å². The van der Waals surface area contributed by atoms with Crippen LogP contribution in [0.5, 0.6) is 5.75 Å². The van der Waals surface area contributed by atoms with Gasteiger partial charge in [0.25, 0.3) is 0 Å². The summed E-state index contributed by atoms with van der Waals surface area (Å²) in [6.45, 7) is 2.89. The summed E-state index contributed by atoms with van der Waals surface area (Å²) < 4.78 is 85.7. The summed E-state index contributed by atoms with van der Waals surface area (Å²) >= 11 is -0.194. The van der Waals surface area contributed by atoms with Gasteiger partial charge in [-0.15, -0.1) is 11.3 Å². The van der Waals surface area contributed by atoms with Crippen LogP contribution in [0.1, 0.15) is 47.5 Å². The van der Waals surface area contributed by atoms with Crippen LogP contribution in [0.3, 0.4) is 0 Å². The number of benzene rings is 1. The second-order valence-corrected chi connectivity index (χ2v) is 10.0. The third kappa shape index (κ3) is 5.53. The number of carbonyl (C=O) groups excluding carboxylic acids is 1. The van der Waals surface area contributed by atoms with Gasteiger partial charge >= 0.3 is 19.4 Å². The van der Waals surface area contributed by atoms with Crippen LogP contribution in [-0.2, 0) is 16.4 Å². The topological polar surface area (TPSA) is 130 Å². The molecule has 1 aromatic heterocycles. The predicted molar refractivity (Wildman–Crippen MR) is 102 cm³/mol. The molecule has 0 bridgehead atoms. The highest BCUT2D eigenvalue weighted by Crippen LogP contribution is 2.64. The summed E-state index contributed by atoms with van der Waals surface area (Å²) in [5.41, 5.74) is -3.51. The number of amides is 1. The van der Waals surface area contributed by atoms with Crippen LogP contribution in [0.25, 0.3) is 10.1 Å². The summed E-state index contributed by atoms with van der Waals surface area (Å²) in [6, 6.07) is 1.59. The van der Waals surface area contributed by atoms with E-state index in [0.29, 0.717) is 6.07 Å². The van der Waals surface area contributed by atoms with E-state index in [-0.39, 0.29) is 36.5 Å². The molecule has 14 heteroatoms. The van der Waals surface area contributed by atoms with Crippen molar-refractivity contribution in [1.29, 1.82) is 0 Å². The minimum atomic E-state index is -6.32. The first-order chi connectivity index (χ1) is 13.9. The zero-order chi connectivity index (χ0) is 24.0. The highest BCUT2D eigenvalue weighted by atomic mass is 32.1. The molecule has 2 rings (SSSR count). The number of halogens is 5. The fraction of sp³-hybridized carbons (Fsp3) is 0.471. The van der Waals surface area contributed by atoms with E-state index in [9.17, 15) is 36.4 Å². The standard InChI is InChI=1S/C17H19F5NO6PS/c1-15(2,25)4-3-5-29-10-7-8(14(23)24)6-9-11(16(18,19)20)13(31-12(9)10)17(21,22)30(26,27)28/h6-7,25H,3-5H2,1-2H3,(H2,23,24)(H2,26,27,28). The van der Waals surface area contributed by atoms with Crippen LogP contribution in [0.15, 0.2) is 12.1 Å². The molecule has 174 valence electrons. The van der Waals surface area contributed by atoms with Gasteiger partial charge in [0.1, 0.15) is 5.75 Å². The van der Waals surface area contributed by atoms with Gasteiger partial charge in [-0.3, -0.25) is 9.36 Å². The zero-order valence-electron chi connectivity index (χ0n) is 16.2. The number of aliphatic hydroxyl groups is 1. The number of carbonyl (C=O) groups is 1. The Kier molecular flexibility index (Phi) is 6.81. The van der Waals surface area contributed by atoms with Gasteiger partial charge in [-0.25, -0.2) is 0 Å². The molecule has 0 aliphatic heterocycles. The molecular weight excluding hydrogens is 472 g/mol. The van der Waals surface area contributed by atoms with E-state index in [1.807, 2.05) is 0 Å². The molecule has 0 fully saturated rings. The van der Waals surface area contributed by atoms with Crippen molar-refractivity contribution in [2.45, 2.75) is 44.1 Å². The van der Waals surface area contributed by atoms with Crippen molar-refractivity contribution in [2.24, 2.45) is 5.73 Å². The van der Waals surface area contributed by atoms with E-state index in [1.54, 1.807) is 0 Å². The van der Waals surface area contributed by atoms with Crippen LogP contribution in [0.2, 0.25) is 0 Å². The SMILES string of the molecule is CC(C)(O)CCCOc1cc(C(N)=O)cc2c(C(F)(F)F)c(C(F)(F)P(=O)(O)O)sc12. The Balaban J connectivity index is 2.73. The summed E-state index contributed by atoms with van der Waals surface area (Å²) in [7, 11) is -6.32. The molecule has 0 spiro atoms. The lowest BCUT2D eigenvalue weighted by atomic mass is 10.0. The molecule has 0 saturated carbocycles. The molecule has 0 aliphatic rings. The van der Waals surface area contributed by atoms with Crippen LogP contribution >= 0.6 is 18.9 Å². The lowest BCUT2D eigenvalue weighted by Crippen LogP contribution is -2.19. The maximum Gasteiger partial charge on any atom is 0.418 e. The van der Waals surface area contributed by atoms with Crippen molar-refractivity contribution < 1.29 is 50.9 Å². The van der Waals surface area contributed by atoms with Gasteiger partial charge in [0.2, 0.25) is 5.91 Å². The van der Waals surface area contributed by atoms with Crippen molar-refractivity contribution >= 4 is 34.9 Å². The molecule has 1 amide bonds. The first-order valence-electron chi connectivity index (χ1n) is 8.63. The van der Waals surface area contributed by atoms with Crippen molar-refractivity contribution in [1.82, 2.24) is 0 Å². The van der Waals surface area contributed by atoms with E-state index in [1.165, 1.54) is 13.8 Å². The monoisotopic (exact) mass is 491 g/mol. The van der Waals surface area contributed by atoms with Gasteiger partial charge < -0.3 is 25.4 Å². The molecule has 7 nitrogen and oxygen atoms in total. The van der Waals surface area contributed by atoms with Crippen LogP contribution in [-0.4, -0.2) is 33.0 Å². The molecule has 1 heterocycles. The van der Waals surface area contributed by atoms with Crippen LogP contribution in [0.4, 0.5) is 22.0 Å². The van der Waals surface area contributed by atoms with Gasteiger partial charge in [-0.05, 0) is 38.8 Å². The molecule has 0 unspecified atom stereocenters. The first-order valence-corrected chi connectivity index (χ1v) is 11.1. The number of rotatable bonds is 8. The normalized spacial score (nSPS) is 13.6. The van der Waals surface area contributed by atoms with Gasteiger partial charge in [-0.2, -0.15) is 22.0 Å². The predicted octanol–water partition coefficient (Wildman–Crippen LogP) is 4.18. The minimum absolute atomic E-state index is 0.148. The number of thiophene rings is 1. The van der Waals surface area contributed by atoms with E-state index in [0.717, 1.165) is 6.07 Å². The lowest BCUT2D eigenvalue weighted by molar-refractivity contribution is -0.138. The van der Waals surface area contributed by atoms with Gasteiger partial charge in [0.15, 0.2) is 0 Å². The molecule has 1 aromatic carbocycles. The maximum absolute atomic E-state index is 14.3. The number of fused-ring (bicyclic) bond motifs is 1. The largest absolute Gasteiger partial charge is 0.492 e. The molecule has 0 radical (unpaired) electrons. The maximum atomic E-state index is 14.3. The average Bonchev–Trinajstić information content (AvgIpc) is 2.97. The van der Waals surface area contributed by atoms with E-state index in [4.69, 9.17) is 20.3 Å². The summed E-state index contributed by atoms with van der Waals surface area (Å²) in [4.78, 5) is 27.6. The highest BCUT2D eigenvalue weighted by Gasteiger charge is 2.56. The Hall–Kier alpha value is -1.79. The Bertz CT molecular complexity index is 1040. The third-order valence-electron chi connectivity index (χ3n) is 4.15. The number of primary amides is 1. The van der Waals surface area contributed by atoms with Crippen molar-refractivity contribution in [3.8, 4) is 5.75 Å².